The van der Waals surface area contributed by atoms with E-state index in [0.29, 0.717) is 5.56 Å². The molecule has 0 spiro atoms. The second-order valence-corrected chi connectivity index (χ2v) is 6.16. The lowest BCUT2D eigenvalue weighted by molar-refractivity contribution is 0.533. The van der Waals surface area contributed by atoms with Crippen LogP contribution in [0.5, 0.6) is 0 Å². The van der Waals surface area contributed by atoms with E-state index < -0.39 is 0 Å². The summed E-state index contributed by atoms with van der Waals surface area (Å²) in [6.07, 6.45) is 10.3. The second-order valence-electron chi connectivity index (χ2n) is 5.25. The normalized spacial score (nSPS) is 10.5. The highest BCUT2D eigenvalue weighted by Gasteiger charge is 2.05. The van der Waals surface area contributed by atoms with Gasteiger partial charge in [-0.2, -0.15) is 10.4 Å². The summed E-state index contributed by atoms with van der Waals surface area (Å²) in [5.74, 6) is 0. The summed E-state index contributed by atoms with van der Waals surface area (Å²) < 4.78 is 2.91. The maximum absolute atomic E-state index is 9.03. The van der Waals surface area contributed by atoms with Gasteiger partial charge >= 0.3 is 0 Å². The zero-order valence-electron chi connectivity index (χ0n) is 12.3. The highest BCUT2D eigenvalue weighted by molar-refractivity contribution is 9.10. The molecule has 1 heterocycles. The molecule has 0 aliphatic heterocycles. The summed E-state index contributed by atoms with van der Waals surface area (Å²) in [6, 6.07) is 7.92. The Morgan fingerprint density at radius 3 is 2.71 bits per heavy atom. The number of rotatable bonds is 7. The molecule has 0 radical (unpaired) electrons. The first kappa shape index (κ1) is 15.8. The number of hydrogen-bond donors (Lipinski definition) is 0. The maximum atomic E-state index is 9.03. The van der Waals surface area contributed by atoms with Gasteiger partial charge in [0.05, 0.1) is 17.8 Å². The zero-order valence-corrected chi connectivity index (χ0v) is 13.9. The third kappa shape index (κ3) is 4.71. The fourth-order valence-electron chi connectivity index (χ4n) is 2.33. The highest BCUT2D eigenvalue weighted by Crippen LogP contribution is 2.24. The molecule has 4 heteroatoms. The Labute approximate surface area is 134 Å². The van der Waals surface area contributed by atoms with Gasteiger partial charge in [-0.15, -0.1) is 0 Å². The summed E-state index contributed by atoms with van der Waals surface area (Å²) in [6.45, 7) is 3.19. The van der Waals surface area contributed by atoms with Crippen molar-refractivity contribution in [1.82, 2.24) is 9.78 Å². The Bertz CT molecular complexity index is 625. The molecule has 0 N–H and O–H groups in total. The SMILES string of the molecule is CCCCCCCn1cc(-c2cc(Br)cc(C#N)c2)cn1. The van der Waals surface area contributed by atoms with E-state index in [2.05, 4.69) is 40.2 Å². The van der Waals surface area contributed by atoms with E-state index in [1.54, 1.807) is 0 Å². The van der Waals surface area contributed by atoms with Gasteiger partial charge < -0.3 is 0 Å². The molecule has 1 aromatic heterocycles. The largest absolute Gasteiger partial charge is 0.272 e. The van der Waals surface area contributed by atoms with Crippen LogP contribution < -0.4 is 0 Å². The minimum atomic E-state index is 0.659. The van der Waals surface area contributed by atoms with E-state index in [1.165, 1.54) is 32.1 Å². The Kier molecular flexibility index (Phi) is 6.01. The van der Waals surface area contributed by atoms with E-state index in [9.17, 15) is 0 Å². The molecule has 0 saturated heterocycles. The van der Waals surface area contributed by atoms with Crippen LogP contribution in [0, 0.1) is 11.3 Å². The van der Waals surface area contributed by atoms with Crippen LogP contribution in [-0.4, -0.2) is 9.78 Å². The number of halogens is 1. The molecule has 2 rings (SSSR count). The molecule has 0 saturated carbocycles. The number of nitriles is 1. The molecule has 0 amide bonds. The molecule has 0 aliphatic carbocycles. The fraction of sp³-hybridized carbons (Fsp3) is 0.412. The first-order chi connectivity index (χ1) is 10.2. The van der Waals surface area contributed by atoms with Gasteiger partial charge in [-0.3, -0.25) is 4.68 Å². The number of aryl methyl sites for hydroxylation is 1. The van der Waals surface area contributed by atoms with E-state index in [4.69, 9.17) is 5.26 Å². The molecular formula is C17H20BrN3. The Morgan fingerprint density at radius 2 is 1.95 bits per heavy atom. The predicted octanol–water partition coefficient (Wildman–Crippen LogP) is 5.15. The Morgan fingerprint density at radius 1 is 1.14 bits per heavy atom. The van der Waals surface area contributed by atoms with Gasteiger partial charge in [0.25, 0.3) is 0 Å². The molecule has 0 bridgehead atoms. The van der Waals surface area contributed by atoms with Crippen molar-refractivity contribution < 1.29 is 0 Å². The first-order valence-corrected chi connectivity index (χ1v) is 8.25. The highest BCUT2D eigenvalue weighted by atomic mass is 79.9. The van der Waals surface area contributed by atoms with E-state index >= 15 is 0 Å². The lowest BCUT2D eigenvalue weighted by Gasteiger charge is -2.02. The lowest BCUT2D eigenvalue weighted by Crippen LogP contribution is -1.97. The molecule has 21 heavy (non-hydrogen) atoms. The molecule has 110 valence electrons. The monoisotopic (exact) mass is 345 g/mol. The van der Waals surface area contributed by atoms with Gasteiger partial charge in [0.15, 0.2) is 0 Å². The summed E-state index contributed by atoms with van der Waals surface area (Å²) in [5, 5.41) is 13.4. The Balaban J connectivity index is 2.00. The van der Waals surface area contributed by atoms with Crippen molar-refractivity contribution in [3.05, 3.63) is 40.6 Å². The zero-order chi connectivity index (χ0) is 15.1. The third-order valence-corrected chi connectivity index (χ3v) is 3.94. The summed E-state index contributed by atoms with van der Waals surface area (Å²) in [5.41, 5.74) is 2.74. The maximum Gasteiger partial charge on any atom is 0.0992 e. The number of nitrogens with zero attached hydrogens (tertiary/aromatic N) is 3. The van der Waals surface area contributed by atoms with Crippen LogP contribution in [0.25, 0.3) is 11.1 Å². The molecule has 3 nitrogen and oxygen atoms in total. The van der Waals surface area contributed by atoms with Crippen LogP contribution >= 0.6 is 15.9 Å². The van der Waals surface area contributed by atoms with Crippen LogP contribution in [0.1, 0.15) is 44.6 Å². The van der Waals surface area contributed by atoms with Crippen molar-refractivity contribution in [3.8, 4) is 17.2 Å². The molecule has 0 atom stereocenters. The molecular weight excluding hydrogens is 326 g/mol. The standard InChI is InChI=1S/C17H20BrN3/c1-2-3-4-5-6-7-21-13-16(12-20-21)15-8-14(11-19)9-17(18)10-15/h8-10,12-13H,2-7H2,1H3. The van der Waals surface area contributed by atoms with Crippen LogP contribution in [0.15, 0.2) is 35.1 Å². The van der Waals surface area contributed by atoms with Crippen molar-refractivity contribution in [3.63, 3.8) is 0 Å². The van der Waals surface area contributed by atoms with E-state index in [0.717, 1.165) is 22.1 Å². The average molecular weight is 346 g/mol. The van der Waals surface area contributed by atoms with Crippen molar-refractivity contribution in [1.29, 1.82) is 5.26 Å². The minimum absolute atomic E-state index is 0.659. The first-order valence-electron chi connectivity index (χ1n) is 7.46. The van der Waals surface area contributed by atoms with Gasteiger partial charge in [-0.25, -0.2) is 0 Å². The van der Waals surface area contributed by atoms with Crippen LogP contribution in [-0.2, 0) is 6.54 Å². The van der Waals surface area contributed by atoms with Gasteiger partial charge in [-0.1, -0.05) is 48.5 Å². The molecule has 0 aliphatic rings. The third-order valence-electron chi connectivity index (χ3n) is 3.48. The minimum Gasteiger partial charge on any atom is -0.272 e. The fourth-order valence-corrected chi connectivity index (χ4v) is 2.83. The topological polar surface area (TPSA) is 41.6 Å². The second kappa shape index (κ2) is 7.99. The quantitative estimate of drug-likeness (QED) is 0.650. The molecule has 2 aromatic rings. The molecule has 0 unspecified atom stereocenters. The number of aromatic nitrogens is 2. The Hall–Kier alpha value is -1.60. The number of benzene rings is 1. The van der Waals surface area contributed by atoms with Crippen molar-refractivity contribution in [2.45, 2.75) is 45.6 Å². The van der Waals surface area contributed by atoms with Gasteiger partial charge in [0.1, 0.15) is 0 Å². The van der Waals surface area contributed by atoms with Gasteiger partial charge in [-0.05, 0) is 30.2 Å². The number of unbranched alkanes of at least 4 members (excludes halogenated alkanes) is 4. The van der Waals surface area contributed by atoms with E-state index in [-0.39, 0.29) is 0 Å². The van der Waals surface area contributed by atoms with Crippen LogP contribution in [0.4, 0.5) is 0 Å². The van der Waals surface area contributed by atoms with E-state index in [1.807, 2.05) is 29.1 Å². The predicted molar refractivity (Wildman–Crippen MR) is 88.8 cm³/mol. The summed E-state index contributed by atoms with van der Waals surface area (Å²) >= 11 is 3.45. The van der Waals surface area contributed by atoms with Crippen molar-refractivity contribution >= 4 is 15.9 Å². The van der Waals surface area contributed by atoms with Crippen molar-refractivity contribution in [2.24, 2.45) is 0 Å². The van der Waals surface area contributed by atoms with Crippen LogP contribution in [0.3, 0.4) is 0 Å². The van der Waals surface area contributed by atoms with Gasteiger partial charge in [0.2, 0.25) is 0 Å². The summed E-state index contributed by atoms with van der Waals surface area (Å²) in [7, 11) is 0. The summed E-state index contributed by atoms with van der Waals surface area (Å²) in [4.78, 5) is 0. The smallest absolute Gasteiger partial charge is 0.0992 e. The van der Waals surface area contributed by atoms with Crippen LogP contribution in [0.2, 0.25) is 0 Å². The van der Waals surface area contributed by atoms with Gasteiger partial charge in [0, 0.05) is 22.8 Å². The molecule has 1 aromatic carbocycles. The molecule has 0 fully saturated rings. The van der Waals surface area contributed by atoms with Crippen molar-refractivity contribution in [2.75, 3.05) is 0 Å². The lowest BCUT2D eigenvalue weighted by atomic mass is 10.1. The number of hydrogen-bond acceptors (Lipinski definition) is 2. The average Bonchev–Trinajstić information content (AvgIpc) is 2.95.